The maximum Gasteiger partial charge on any atom is 0.337 e. The minimum Gasteiger partial charge on any atom is -0.465 e. The van der Waals surface area contributed by atoms with Crippen LogP contribution in [0.3, 0.4) is 0 Å². The predicted molar refractivity (Wildman–Crippen MR) is 103 cm³/mol. The molecule has 0 unspecified atom stereocenters. The van der Waals surface area contributed by atoms with Gasteiger partial charge in [0.1, 0.15) is 0 Å². The van der Waals surface area contributed by atoms with Gasteiger partial charge < -0.3 is 15.8 Å². The van der Waals surface area contributed by atoms with E-state index >= 15 is 0 Å². The third-order valence-corrected chi connectivity index (χ3v) is 3.99. The van der Waals surface area contributed by atoms with Crippen LogP contribution in [0.25, 0.3) is 0 Å². The summed E-state index contributed by atoms with van der Waals surface area (Å²) in [6.07, 6.45) is 7.46. The lowest BCUT2D eigenvalue weighted by Gasteiger charge is -2.16. The summed E-state index contributed by atoms with van der Waals surface area (Å²) in [5.74, 6) is 0.144. The molecule has 1 aromatic rings. The van der Waals surface area contributed by atoms with E-state index in [9.17, 15) is 4.79 Å². The maximum absolute atomic E-state index is 11.5. The molecule has 128 valence electrons. The Morgan fingerprint density at radius 3 is 2.65 bits per heavy atom. The first-order valence-corrected chi connectivity index (χ1v) is 7.93. The van der Waals surface area contributed by atoms with Crippen LogP contribution in [0.4, 0.5) is 0 Å². The number of hydrogen-bond donors (Lipinski definition) is 2. The highest BCUT2D eigenvalue weighted by Gasteiger charge is 2.12. The zero-order valence-corrected chi connectivity index (χ0v) is 15.9. The Bertz CT molecular complexity index is 526. The first-order valence-electron chi connectivity index (χ1n) is 7.93. The molecule has 0 aromatic heterocycles. The molecular weight excluding hydrogens is 405 g/mol. The van der Waals surface area contributed by atoms with Crippen LogP contribution in [0, 0.1) is 0 Å². The molecule has 0 radical (unpaired) electrons. The Labute approximate surface area is 155 Å². The van der Waals surface area contributed by atoms with E-state index in [1.165, 1.54) is 32.8 Å². The zero-order valence-electron chi connectivity index (χ0n) is 13.6. The average Bonchev–Trinajstić information content (AvgIpc) is 2.81. The number of nitrogens with zero attached hydrogens (tertiary/aromatic N) is 1. The number of aliphatic imine (C=N–C) groups is 1. The molecule has 1 saturated carbocycles. The SMILES string of the molecule is COC(=O)c1cccc(CN=C(N)NC2CCCCCC2)c1.I. The summed E-state index contributed by atoms with van der Waals surface area (Å²) in [7, 11) is 1.38. The fraction of sp³-hybridized carbons (Fsp3) is 0.529. The maximum atomic E-state index is 11.5. The van der Waals surface area contributed by atoms with Gasteiger partial charge in [0.25, 0.3) is 0 Å². The number of carbonyl (C=O) groups is 1. The first-order chi connectivity index (χ1) is 10.7. The molecule has 0 bridgehead atoms. The van der Waals surface area contributed by atoms with Crippen LogP contribution < -0.4 is 11.1 Å². The van der Waals surface area contributed by atoms with Gasteiger partial charge in [-0.25, -0.2) is 9.79 Å². The van der Waals surface area contributed by atoms with E-state index in [1.54, 1.807) is 12.1 Å². The first kappa shape index (κ1) is 19.7. The fourth-order valence-electron chi connectivity index (χ4n) is 2.77. The van der Waals surface area contributed by atoms with Crippen molar-refractivity contribution in [1.82, 2.24) is 5.32 Å². The van der Waals surface area contributed by atoms with E-state index < -0.39 is 0 Å². The molecule has 1 aliphatic rings. The summed E-state index contributed by atoms with van der Waals surface area (Å²) in [5, 5.41) is 3.31. The molecule has 6 heteroatoms. The number of nitrogens with two attached hydrogens (primary N) is 1. The van der Waals surface area contributed by atoms with Crippen molar-refractivity contribution in [2.45, 2.75) is 51.1 Å². The monoisotopic (exact) mass is 431 g/mol. The number of ether oxygens (including phenoxy) is 1. The van der Waals surface area contributed by atoms with Crippen molar-refractivity contribution in [3.8, 4) is 0 Å². The quantitative estimate of drug-likeness (QED) is 0.252. The van der Waals surface area contributed by atoms with Gasteiger partial charge in [-0.3, -0.25) is 0 Å². The number of guanidine groups is 1. The van der Waals surface area contributed by atoms with Crippen LogP contribution in [-0.4, -0.2) is 25.1 Å². The number of benzene rings is 1. The van der Waals surface area contributed by atoms with Crippen LogP contribution in [-0.2, 0) is 11.3 Å². The minimum absolute atomic E-state index is 0. The summed E-state index contributed by atoms with van der Waals surface area (Å²) in [5.41, 5.74) is 7.45. The van der Waals surface area contributed by atoms with Crippen molar-refractivity contribution in [1.29, 1.82) is 0 Å². The summed E-state index contributed by atoms with van der Waals surface area (Å²) >= 11 is 0. The third kappa shape index (κ3) is 6.76. The Kier molecular flexibility index (Phi) is 8.98. The van der Waals surface area contributed by atoms with Crippen molar-refractivity contribution in [2.75, 3.05) is 7.11 Å². The number of methoxy groups -OCH3 is 1. The summed E-state index contributed by atoms with van der Waals surface area (Å²) in [6.45, 7) is 0.455. The Morgan fingerprint density at radius 2 is 2.00 bits per heavy atom. The molecule has 0 atom stereocenters. The molecule has 1 aliphatic carbocycles. The van der Waals surface area contributed by atoms with Crippen molar-refractivity contribution >= 4 is 35.9 Å². The van der Waals surface area contributed by atoms with Crippen LogP contribution >= 0.6 is 24.0 Å². The lowest BCUT2D eigenvalue weighted by Crippen LogP contribution is -2.39. The van der Waals surface area contributed by atoms with Gasteiger partial charge >= 0.3 is 5.97 Å². The molecule has 0 heterocycles. The lowest BCUT2D eigenvalue weighted by molar-refractivity contribution is 0.0600. The standard InChI is InChI=1S/C17H25N3O2.HI/c1-22-16(21)14-8-6-7-13(11-14)12-19-17(18)20-15-9-4-2-3-5-10-15;/h6-8,11,15H,2-5,9-10,12H2,1H3,(H3,18,19,20);1H. The van der Waals surface area contributed by atoms with Gasteiger partial charge in [0.2, 0.25) is 0 Å². The Morgan fingerprint density at radius 1 is 1.30 bits per heavy atom. The van der Waals surface area contributed by atoms with Crippen LogP contribution in [0.2, 0.25) is 0 Å². The molecule has 0 amide bonds. The predicted octanol–water partition coefficient (Wildman–Crippen LogP) is 3.22. The van der Waals surface area contributed by atoms with Gasteiger partial charge in [0, 0.05) is 6.04 Å². The molecule has 0 aliphatic heterocycles. The second-order valence-electron chi connectivity index (χ2n) is 5.73. The van der Waals surface area contributed by atoms with Crippen LogP contribution in [0.15, 0.2) is 29.3 Å². The summed E-state index contributed by atoms with van der Waals surface area (Å²) in [4.78, 5) is 15.9. The minimum atomic E-state index is -0.338. The normalized spacial score (nSPS) is 16.1. The van der Waals surface area contributed by atoms with Gasteiger partial charge in [-0.2, -0.15) is 0 Å². The zero-order chi connectivity index (χ0) is 15.8. The number of nitrogens with one attached hydrogen (secondary N) is 1. The lowest BCUT2D eigenvalue weighted by atomic mass is 10.1. The molecule has 1 aromatic carbocycles. The number of rotatable bonds is 4. The average molecular weight is 431 g/mol. The van der Waals surface area contributed by atoms with Crippen molar-refractivity contribution in [3.63, 3.8) is 0 Å². The number of hydrogen-bond acceptors (Lipinski definition) is 3. The fourth-order valence-corrected chi connectivity index (χ4v) is 2.77. The number of carbonyl (C=O) groups excluding carboxylic acids is 1. The van der Waals surface area contributed by atoms with E-state index in [0.717, 1.165) is 18.4 Å². The molecule has 0 spiro atoms. The summed E-state index contributed by atoms with van der Waals surface area (Å²) in [6, 6.07) is 7.70. The van der Waals surface area contributed by atoms with Gasteiger partial charge in [-0.1, -0.05) is 37.8 Å². The molecule has 2 rings (SSSR count). The van der Waals surface area contributed by atoms with E-state index in [-0.39, 0.29) is 29.9 Å². The van der Waals surface area contributed by atoms with E-state index in [2.05, 4.69) is 10.3 Å². The highest BCUT2D eigenvalue weighted by Crippen LogP contribution is 2.17. The van der Waals surface area contributed by atoms with Crippen molar-refractivity contribution < 1.29 is 9.53 Å². The van der Waals surface area contributed by atoms with E-state index in [4.69, 9.17) is 10.5 Å². The van der Waals surface area contributed by atoms with Gasteiger partial charge in [0.15, 0.2) is 5.96 Å². The Hall–Kier alpha value is -1.31. The topological polar surface area (TPSA) is 76.7 Å². The van der Waals surface area contributed by atoms with E-state index in [0.29, 0.717) is 24.1 Å². The number of halogens is 1. The van der Waals surface area contributed by atoms with Crippen LogP contribution in [0.1, 0.15) is 54.4 Å². The summed E-state index contributed by atoms with van der Waals surface area (Å²) < 4.78 is 4.72. The highest BCUT2D eigenvalue weighted by molar-refractivity contribution is 14.0. The molecular formula is C17H26IN3O2. The van der Waals surface area contributed by atoms with Crippen molar-refractivity contribution in [2.24, 2.45) is 10.7 Å². The number of esters is 1. The second kappa shape index (κ2) is 10.5. The molecule has 1 fully saturated rings. The van der Waals surface area contributed by atoms with Gasteiger partial charge in [-0.05, 0) is 30.5 Å². The molecule has 0 saturated heterocycles. The van der Waals surface area contributed by atoms with Crippen molar-refractivity contribution in [3.05, 3.63) is 35.4 Å². The molecule has 23 heavy (non-hydrogen) atoms. The van der Waals surface area contributed by atoms with Gasteiger partial charge in [-0.15, -0.1) is 24.0 Å². The van der Waals surface area contributed by atoms with Gasteiger partial charge in [0.05, 0.1) is 19.2 Å². The largest absolute Gasteiger partial charge is 0.465 e. The van der Waals surface area contributed by atoms with E-state index in [1.807, 2.05) is 12.1 Å². The second-order valence-corrected chi connectivity index (χ2v) is 5.73. The third-order valence-electron chi connectivity index (χ3n) is 3.99. The Balaban J connectivity index is 0.00000264. The van der Waals surface area contributed by atoms with Crippen LogP contribution in [0.5, 0.6) is 0 Å². The molecule has 3 N–H and O–H groups in total. The highest BCUT2D eigenvalue weighted by atomic mass is 127. The molecule has 5 nitrogen and oxygen atoms in total. The smallest absolute Gasteiger partial charge is 0.337 e.